The van der Waals surface area contributed by atoms with Gasteiger partial charge in [0.25, 0.3) is 0 Å². The monoisotopic (exact) mass is 458 g/mol. The molecule has 0 aliphatic heterocycles. The van der Waals surface area contributed by atoms with Crippen molar-refractivity contribution < 1.29 is 18.0 Å². The van der Waals surface area contributed by atoms with Gasteiger partial charge in [0.05, 0.1) is 24.0 Å². The number of imidazole rings is 1. The van der Waals surface area contributed by atoms with Crippen LogP contribution in [-0.2, 0) is 11.2 Å². The van der Waals surface area contributed by atoms with Crippen LogP contribution in [0.15, 0.2) is 54.9 Å². The molecule has 0 saturated heterocycles. The molecule has 0 saturated carbocycles. The lowest BCUT2D eigenvalue weighted by Crippen LogP contribution is -2.12. The van der Waals surface area contributed by atoms with Gasteiger partial charge in [-0.15, -0.1) is 10.2 Å². The van der Waals surface area contributed by atoms with Crippen LogP contribution in [0, 0.1) is 6.92 Å². The third kappa shape index (κ3) is 4.96. The Balaban J connectivity index is 1.59. The Bertz CT molecular complexity index is 1300. The zero-order chi connectivity index (χ0) is 22.9. The zero-order valence-corrected chi connectivity index (χ0v) is 17.8. The third-order valence-electron chi connectivity index (χ3n) is 5.05. The Kier molecular flexibility index (Phi) is 5.97. The Morgan fingerprint density at radius 3 is 2.66 bits per heavy atom. The van der Waals surface area contributed by atoms with E-state index in [9.17, 15) is 18.0 Å². The number of hydrogen-bond acceptors (Lipinski definition) is 4. The highest BCUT2D eigenvalue weighted by atomic mass is 35.5. The highest BCUT2D eigenvalue weighted by Crippen LogP contribution is 2.27. The second-order valence-corrected chi connectivity index (χ2v) is 7.90. The average molecular weight is 459 g/mol. The number of nitrogens with zero attached hydrogens (tertiary/aromatic N) is 4. The van der Waals surface area contributed by atoms with E-state index in [0.29, 0.717) is 22.1 Å². The van der Waals surface area contributed by atoms with Crippen molar-refractivity contribution in [3.63, 3.8) is 0 Å². The minimum atomic E-state index is -4.33. The molecule has 0 N–H and O–H groups in total. The first-order valence-corrected chi connectivity index (χ1v) is 10.2. The number of ketones is 1. The summed E-state index contributed by atoms with van der Waals surface area (Å²) < 4.78 is 39.0. The predicted molar refractivity (Wildman–Crippen MR) is 115 cm³/mol. The molecule has 5 nitrogen and oxygen atoms in total. The van der Waals surface area contributed by atoms with E-state index in [-0.39, 0.29) is 6.42 Å². The summed E-state index contributed by atoms with van der Waals surface area (Å²) in [5, 5.41) is 8.40. The van der Waals surface area contributed by atoms with Crippen molar-refractivity contribution in [1.82, 2.24) is 19.6 Å². The normalized spacial score (nSPS) is 11.8. The molecule has 0 fully saturated rings. The van der Waals surface area contributed by atoms with E-state index in [0.717, 1.165) is 22.4 Å². The molecule has 4 aromatic rings. The lowest BCUT2D eigenvalue weighted by molar-refractivity contribution is -0.143. The van der Waals surface area contributed by atoms with E-state index in [1.807, 2.05) is 35.7 Å². The number of hydrogen-bond donors (Lipinski definition) is 0. The summed E-state index contributed by atoms with van der Waals surface area (Å²) in [6.45, 7) is 1.90. The molecule has 32 heavy (non-hydrogen) atoms. The van der Waals surface area contributed by atoms with Gasteiger partial charge in [0, 0.05) is 30.2 Å². The Morgan fingerprint density at radius 2 is 1.91 bits per heavy atom. The molecule has 0 spiro atoms. The fourth-order valence-electron chi connectivity index (χ4n) is 3.52. The number of rotatable bonds is 6. The summed E-state index contributed by atoms with van der Waals surface area (Å²) in [4.78, 5) is 16.4. The minimum Gasteiger partial charge on any atom is -0.300 e. The molecule has 0 unspecified atom stereocenters. The van der Waals surface area contributed by atoms with Crippen LogP contribution in [0.4, 0.5) is 13.2 Å². The molecule has 0 aliphatic carbocycles. The van der Waals surface area contributed by atoms with Crippen molar-refractivity contribution in [2.24, 2.45) is 0 Å². The van der Waals surface area contributed by atoms with E-state index in [1.165, 1.54) is 0 Å². The topological polar surface area (TPSA) is 60.2 Å². The number of pyridine rings is 1. The first-order valence-electron chi connectivity index (χ1n) is 9.85. The highest BCUT2D eigenvalue weighted by Gasteiger charge is 2.27. The van der Waals surface area contributed by atoms with Gasteiger partial charge in [-0.05, 0) is 42.3 Å². The van der Waals surface area contributed by atoms with Crippen molar-refractivity contribution >= 4 is 23.0 Å². The lowest BCUT2D eigenvalue weighted by atomic mass is 10.0. The van der Waals surface area contributed by atoms with E-state index < -0.39 is 24.8 Å². The summed E-state index contributed by atoms with van der Waals surface area (Å²) in [7, 11) is 0. The van der Waals surface area contributed by atoms with E-state index in [1.54, 1.807) is 30.5 Å². The Hall–Kier alpha value is -3.26. The van der Waals surface area contributed by atoms with Crippen LogP contribution >= 0.6 is 11.6 Å². The molecule has 0 radical (unpaired) electrons. The summed E-state index contributed by atoms with van der Waals surface area (Å²) in [5.41, 5.74) is 5.42. The van der Waals surface area contributed by atoms with Crippen molar-refractivity contribution in [2.45, 2.75) is 32.4 Å². The van der Waals surface area contributed by atoms with Gasteiger partial charge in [-0.25, -0.2) is 4.98 Å². The van der Waals surface area contributed by atoms with Crippen LogP contribution in [0.1, 0.15) is 24.0 Å². The van der Waals surface area contributed by atoms with Crippen LogP contribution in [0.3, 0.4) is 0 Å². The summed E-state index contributed by atoms with van der Waals surface area (Å²) in [5.74, 6) is -0.443. The second-order valence-electron chi connectivity index (χ2n) is 7.52. The zero-order valence-electron chi connectivity index (χ0n) is 17.0. The molecule has 0 aliphatic rings. The molecule has 0 bridgehead atoms. The highest BCUT2D eigenvalue weighted by molar-refractivity contribution is 6.29. The number of carbonyl (C=O) groups is 1. The fraction of sp³-hybridized carbons (Fsp3) is 0.217. The number of fused-ring (bicyclic) bond motifs is 1. The number of halogens is 4. The van der Waals surface area contributed by atoms with Gasteiger partial charge in [-0.2, -0.15) is 13.2 Å². The standard InChI is InChI=1S/C23H18ClF3N4O/c1-14-9-20(24)29-30-22(14)17-6-8-31-19(13-28-21(31)12-17)16-4-2-3-15(10-16)11-18(32)5-7-23(25,26)27/h2-4,6,8-10,12-13H,5,7,11H2,1H3. The summed E-state index contributed by atoms with van der Waals surface area (Å²) >= 11 is 5.89. The van der Waals surface area contributed by atoms with Gasteiger partial charge in [0.1, 0.15) is 11.4 Å². The van der Waals surface area contributed by atoms with E-state index in [2.05, 4.69) is 15.2 Å². The first-order chi connectivity index (χ1) is 15.2. The molecule has 4 rings (SSSR count). The molecule has 3 heterocycles. The molecule has 1 aromatic carbocycles. The van der Waals surface area contributed by atoms with Crippen LogP contribution in [0.2, 0.25) is 5.15 Å². The number of aryl methyl sites for hydroxylation is 1. The Labute approximate surface area is 186 Å². The van der Waals surface area contributed by atoms with E-state index in [4.69, 9.17) is 11.6 Å². The van der Waals surface area contributed by atoms with Crippen molar-refractivity contribution in [2.75, 3.05) is 0 Å². The first kappa shape index (κ1) is 22.0. The maximum Gasteiger partial charge on any atom is 0.389 e. The van der Waals surface area contributed by atoms with Gasteiger partial charge in [0.2, 0.25) is 0 Å². The van der Waals surface area contributed by atoms with E-state index >= 15 is 0 Å². The van der Waals surface area contributed by atoms with Crippen molar-refractivity contribution in [1.29, 1.82) is 0 Å². The molecule has 164 valence electrons. The number of alkyl halides is 3. The SMILES string of the molecule is Cc1cc(Cl)nnc1-c1ccn2c(-c3cccc(CC(=O)CCC(F)(F)F)c3)cnc2c1. The second kappa shape index (κ2) is 8.70. The van der Waals surface area contributed by atoms with Gasteiger partial charge in [-0.1, -0.05) is 29.8 Å². The van der Waals surface area contributed by atoms with Crippen LogP contribution in [0.25, 0.3) is 28.2 Å². The molecule has 0 atom stereocenters. The van der Waals surface area contributed by atoms with Crippen molar-refractivity contribution in [3.8, 4) is 22.5 Å². The molecular weight excluding hydrogens is 441 g/mol. The smallest absolute Gasteiger partial charge is 0.300 e. The maximum atomic E-state index is 12.4. The molecule has 9 heteroatoms. The van der Waals surface area contributed by atoms with Crippen LogP contribution < -0.4 is 0 Å². The number of benzene rings is 1. The quantitative estimate of drug-likeness (QED) is 0.362. The molecular formula is C23H18ClF3N4O. The summed E-state index contributed by atoms with van der Waals surface area (Å²) in [6.07, 6.45) is -2.41. The molecule has 3 aromatic heterocycles. The van der Waals surface area contributed by atoms with Gasteiger partial charge in [0.15, 0.2) is 5.15 Å². The minimum absolute atomic E-state index is 0.0423. The van der Waals surface area contributed by atoms with Crippen molar-refractivity contribution in [3.05, 3.63) is 71.1 Å². The predicted octanol–water partition coefficient (Wildman–Crippen LogP) is 5.87. The van der Waals surface area contributed by atoms with Crippen LogP contribution in [-0.4, -0.2) is 31.5 Å². The lowest BCUT2D eigenvalue weighted by Gasteiger charge is -2.08. The average Bonchev–Trinajstić information content (AvgIpc) is 3.15. The molecule has 0 amide bonds. The number of Topliss-reactive ketones (excluding diaryl/α,β-unsaturated/α-hetero) is 1. The number of aromatic nitrogens is 4. The fourth-order valence-corrected chi connectivity index (χ4v) is 3.72. The Morgan fingerprint density at radius 1 is 1.09 bits per heavy atom. The van der Waals surface area contributed by atoms with Gasteiger partial charge < -0.3 is 0 Å². The summed E-state index contributed by atoms with van der Waals surface area (Å²) in [6, 6.07) is 12.7. The van der Waals surface area contributed by atoms with Gasteiger partial charge in [-0.3, -0.25) is 9.20 Å². The van der Waals surface area contributed by atoms with Gasteiger partial charge >= 0.3 is 6.18 Å². The number of carbonyl (C=O) groups excluding carboxylic acids is 1. The van der Waals surface area contributed by atoms with Crippen LogP contribution in [0.5, 0.6) is 0 Å². The maximum absolute atomic E-state index is 12.4. The third-order valence-corrected chi connectivity index (χ3v) is 5.24. The largest absolute Gasteiger partial charge is 0.389 e.